The molecule has 0 fully saturated rings. The van der Waals surface area contributed by atoms with Crippen LogP contribution in [-0.4, -0.2) is 36.4 Å². The molecule has 0 saturated heterocycles. The molecule has 6 rings (SSSR count). The van der Waals surface area contributed by atoms with Crippen molar-refractivity contribution >= 4 is 28.4 Å². The van der Waals surface area contributed by atoms with Crippen LogP contribution in [-0.2, 0) is 5.75 Å². The maximum absolute atomic E-state index is 13.5. The van der Waals surface area contributed by atoms with Gasteiger partial charge in [-0.25, -0.2) is 4.57 Å². The molecule has 0 aliphatic heterocycles. The molecule has 36 heavy (non-hydrogen) atoms. The molecule has 0 bridgehead atoms. The first-order valence-corrected chi connectivity index (χ1v) is 12.2. The summed E-state index contributed by atoms with van der Waals surface area (Å²) >= 11 is 1.41. The Bertz CT molecular complexity index is 1790. The zero-order valence-corrected chi connectivity index (χ0v) is 20.3. The number of aryl methyl sites for hydroxylation is 1. The highest BCUT2D eigenvalue weighted by Gasteiger charge is 2.19. The summed E-state index contributed by atoms with van der Waals surface area (Å²) in [7, 11) is 1.59. The zero-order valence-electron chi connectivity index (χ0n) is 19.5. The Kier molecular flexibility index (Phi) is 5.49. The number of hydrogen-bond donors (Lipinski definition) is 0. The fourth-order valence-electron chi connectivity index (χ4n) is 4.10. The number of ether oxygens (including phenoxy) is 1. The number of methoxy groups -OCH3 is 1. The average molecular weight is 497 g/mol. The van der Waals surface area contributed by atoms with Gasteiger partial charge >= 0.3 is 0 Å². The van der Waals surface area contributed by atoms with Crippen LogP contribution in [0.3, 0.4) is 0 Å². The Morgan fingerprint density at radius 1 is 1.00 bits per heavy atom. The summed E-state index contributed by atoms with van der Waals surface area (Å²) in [5.74, 6) is 2.45. The summed E-state index contributed by atoms with van der Waals surface area (Å²) in [6.07, 6.45) is 0. The largest absolute Gasteiger partial charge is 0.497 e. The molecule has 3 aromatic carbocycles. The molecule has 3 heterocycles. The van der Waals surface area contributed by atoms with Crippen LogP contribution < -0.4 is 10.3 Å². The highest BCUT2D eigenvalue weighted by molar-refractivity contribution is 7.98. The first-order chi connectivity index (χ1) is 17.6. The molecule has 0 radical (unpaired) electrons. The molecule has 3 aromatic heterocycles. The van der Waals surface area contributed by atoms with E-state index in [4.69, 9.17) is 9.26 Å². The first-order valence-electron chi connectivity index (χ1n) is 11.2. The lowest BCUT2D eigenvalue weighted by Gasteiger charge is -2.12. The van der Waals surface area contributed by atoms with Gasteiger partial charge in [0.25, 0.3) is 5.56 Å². The number of fused-ring (bicyclic) bond motifs is 3. The Labute approximate surface area is 209 Å². The Balaban J connectivity index is 1.42. The monoisotopic (exact) mass is 496 g/mol. The average Bonchev–Trinajstić information content (AvgIpc) is 3.55. The van der Waals surface area contributed by atoms with Crippen LogP contribution in [0, 0.1) is 6.92 Å². The zero-order chi connectivity index (χ0) is 24.6. The number of benzene rings is 3. The van der Waals surface area contributed by atoms with Gasteiger partial charge in [-0.05, 0) is 37.3 Å². The SMILES string of the molecule is COc1cccc(-n2c(=O)c3ccccc3n3c(SCc4nc(-c5cccc(C)c5)no4)nnc23)c1. The lowest BCUT2D eigenvalue weighted by Crippen LogP contribution is -2.21. The van der Waals surface area contributed by atoms with E-state index in [0.717, 1.165) is 16.6 Å². The number of aromatic nitrogens is 6. The minimum Gasteiger partial charge on any atom is -0.497 e. The van der Waals surface area contributed by atoms with Crippen LogP contribution >= 0.6 is 11.8 Å². The van der Waals surface area contributed by atoms with E-state index < -0.39 is 0 Å². The van der Waals surface area contributed by atoms with E-state index in [1.165, 1.54) is 11.8 Å². The van der Waals surface area contributed by atoms with Crippen molar-refractivity contribution in [1.29, 1.82) is 0 Å². The fraction of sp³-hybridized carbons (Fsp3) is 0.115. The van der Waals surface area contributed by atoms with E-state index in [-0.39, 0.29) is 5.56 Å². The Hall–Kier alpha value is -4.44. The molecule has 9 nitrogen and oxygen atoms in total. The summed E-state index contributed by atoms with van der Waals surface area (Å²) in [4.78, 5) is 18.0. The lowest BCUT2D eigenvalue weighted by atomic mass is 10.1. The van der Waals surface area contributed by atoms with Crippen molar-refractivity contribution in [3.8, 4) is 22.8 Å². The van der Waals surface area contributed by atoms with Crippen LogP contribution in [0.1, 0.15) is 11.5 Å². The summed E-state index contributed by atoms with van der Waals surface area (Å²) in [5, 5.41) is 14.1. The normalized spacial score (nSPS) is 11.4. The minimum absolute atomic E-state index is 0.185. The van der Waals surface area contributed by atoms with Gasteiger partial charge in [-0.2, -0.15) is 4.98 Å². The number of para-hydroxylation sites is 1. The van der Waals surface area contributed by atoms with E-state index in [2.05, 4.69) is 20.3 Å². The lowest BCUT2D eigenvalue weighted by molar-refractivity contribution is 0.391. The smallest absolute Gasteiger partial charge is 0.267 e. The molecule has 0 amide bonds. The topological polar surface area (TPSA) is 100 Å². The predicted molar refractivity (Wildman–Crippen MR) is 137 cm³/mol. The maximum atomic E-state index is 13.5. The quantitative estimate of drug-likeness (QED) is 0.306. The summed E-state index contributed by atoms with van der Waals surface area (Å²) < 4.78 is 14.3. The molecule has 178 valence electrons. The highest BCUT2D eigenvalue weighted by Crippen LogP contribution is 2.27. The molecular formula is C26H20N6O3S. The van der Waals surface area contributed by atoms with Gasteiger partial charge in [0, 0.05) is 11.6 Å². The van der Waals surface area contributed by atoms with E-state index >= 15 is 0 Å². The molecule has 0 unspecified atom stereocenters. The van der Waals surface area contributed by atoms with Crippen LogP contribution in [0.25, 0.3) is 33.8 Å². The maximum Gasteiger partial charge on any atom is 0.267 e. The van der Waals surface area contributed by atoms with E-state index in [0.29, 0.717) is 45.2 Å². The van der Waals surface area contributed by atoms with Crippen molar-refractivity contribution in [2.75, 3.05) is 7.11 Å². The van der Waals surface area contributed by atoms with Crippen LogP contribution in [0.15, 0.2) is 87.3 Å². The molecular weight excluding hydrogens is 476 g/mol. The second-order valence-corrected chi connectivity index (χ2v) is 9.09. The standard InChI is InChI=1S/C26H20N6O3S/c1-16-7-5-8-17(13-16)23-27-22(35-30-23)15-36-26-29-28-25-31(18-9-6-10-19(14-18)34-2)24(33)20-11-3-4-12-21(20)32(25)26/h3-14H,15H2,1-2H3. The summed E-state index contributed by atoms with van der Waals surface area (Å²) in [6, 6.07) is 22.6. The van der Waals surface area contributed by atoms with Crippen LogP contribution in [0.2, 0.25) is 0 Å². The summed E-state index contributed by atoms with van der Waals surface area (Å²) in [6.45, 7) is 2.02. The Morgan fingerprint density at radius 3 is 2.72 bits per heavy atom. The highest BCUT2D eigenvalue weighted by atomic mass is 32.2. The molecule has 0 atom stereocenters. The number of hydrogen-bond acceptors (Lipinski definition) is 8. The number of nitrogens with zero attached hydrogens (tertiary/aromatic N) is 6. The van der Waals surface area contributed by atoms with Gasteiger partial charge in [0.15, 0.2) is 5.16 Å². The van der Waals surface area contributed by atoms with Gasteiger partial charge in [0.2, 0.25) is 17.5 Å². The van der Waals surface area contributed by atoms with Crippen molar-refractivity contribution in [2.45, 2.75) is 17.8 Å². The number of rotatable bonds is 6. The van der Waals surface area contributed by atoms with Crippen molar-refractivity contribution in [3.63, 3.8) is 0 Å². The minimum atomic E-state index is -0.185. The van der Waals surface area contributed by atoms with Crippen LogP contribution in [0.5, 0.6) is 5.75 Å². The van der Waals surface area contributed by atoms with Crippen molar-refractivity contribution < 1.29 is 9.26 Å². The Morgan fingerprint density at radius 2 is 1.86 bits per heavy atom. The molecule has 0 spiro atoms. The van der Waals surface area contributed by atoms with Gasteiger partial charge in [0.05, 0.1) is 29.5 Å². The van der Waals surface area contributed by atoms with Crippen molar-refractivity contribution in [3.05, 3.63) is 94.6 Å². The third-order valence-electron chi connectivity index (χ3n) is 5.78. The van der Waals surface area contributed by atoms with Crippen molar-refractivity contribution in [1.82, 2.24) is 29.3 Å². The van der Waals surface area contributed by atoms with Gasteiger partial charge < -0.3 is 9.26 Å². The first kappa shape index (κ1) is 22.1. The van der Waals surface area contributed by atoms with Crippen molar-refractivity contribution in [2.24, 2.45) is 0 Å². The third-order valence-corrected chi connectivity index (χ3v) is 6.69. The molecule has 0 saturated carbocycles. The molecule has 10 heteroatoms. The molecule has 0 aliphatic rings. The fourth-order valence-corrected chi connectivity index (χ4v) is 4.87. The second-order valence-electron chi connectivity index (χ2n) is 8.15. The van der Waals surface area contributed by atoms with Gasteiger partial charge in [-0.1, -0.05) is 58.9 Å². The predicted octanol–water partition coefficient (Wildman–Crippen LogP) is 4.69. The van der Waals surface area contributed by atoms with Gasteiger partial charge in [0.1, 0.15) is 5.75 Å². The van der Waals surface area contributed by atoms with Gasteiger partial charge in [-0.15, -0.1) is 10.2 Å². The third kappa shape index (κ3) is 3.81. The molecule has 0 aliphatic carbocycles. The van der Waals surface area contributed by atoms with Crippen LogP contribution in [0.4, 0.5) is 0 Å². The molecule has 0 N–H and O–H groups in total. The molecule has 6 aromatic rings. The van der Waals surface area contributed by atoms with E-state index in [1.54, 1.807) is 23.8 Å². The number of thioether (sulfide) groups is 1. The van der Waals surface area contributed by atoms with E-state index in [1.807, 2.05) is 72.0 Å². The summed E-state index contributed by atoms with van der Waals surface area (Å²) in [5.41, 5.74) is 3.19. The van der Waals surface area contributed by atoms with E-state index in [9.17, 15) is 4.79 Å². The second kappa shape index (κ2) is 8.97. The van der Waals surface area contributed by atoms with Gasteiger partial charge in [-0.3, -0.25) is 9.20 Å².